The van der Waals surface area contributed by atoms with Crippen molar-refractivity contribution >= 4 is 0 Å². The molecule has 1 aromatic heterocycles. The van der Waals surface area contributed by atoms with Crippen molar-refractivity contribution in [2.45, 2.75) is 27.0 Å². The van der Waals surface area contributed by atoms with E-state index in [-0.39, 0.29) is 13.2 Å². The van der Waals surface area contributed by atoms with Crippen molar-refractivity contribution in [1.29, 1.82) is 0 Å². The van der Waals surface area contributed by atoms with Gasteiger partial charge in [0.2, 0.25) is 0 Å². The second-order valence-corrected chi connectivity index (χ2v) is 4.03. The van der Waals surface area contributed by atoms with Gasteiger partial charge in [-0.3, -0.25) is 0 Å². The first kappa shape index (κ1) is 12.5. The normalized spacial score (nSPS) is 10.6. The second-order valence-electron chi connectivity index (χ2n) is 4.03. The topological polar surface area (TPSA) is 73.1 Å². The fourth-order valence-electron chi connectivity index (χ4n) is 1.62. The first-order chi connectivity index (χ1) is 8.72. The lowest BCUT2D eigenvalue weighted by Crippen LogP contribution is -2.11. The van der Waals surface area contributed by atoms with E-state index in [1.165, 1.54) is 10.2 Å². The predicted octanol–water partition coefficient (Wildman–Crippen LogP) is 0.861. The Labute approximate surface area is 105 Å². The molecule has 0 aliphatic heterocycles. The SMILES string of the molecule is Cc1cccc(OCc2nnnn2CCO)c1C. The summed E-state index contributed by atoms with van der Waals surface area (Å²) < 4.78 is 7.24. The van der Waals surface area contributed by atoms with E-state index in [4.69, 9.17) is 9.84 Å². The summed E-state index contributed by atoms with van der Waals surface area (Å²) in [4.78, 5) is 0. The maximum absolute atomic E-state index is 8.87. The monoisotopic (exact) mass is 248 g/mol. The molecule has 6 nitrogen and oxygen atoms in total. The summed E-state index contributed by atoms with van der Waals surface area (Å²) >= 11 is 0. The molecule has 0 saturated heterocycles. The Morgan fingerprint density at radius 3 is 2.94 bits per heavy atom. The summed E-state index contributed by atoms with van der Waals surface area (Å²) in [7, 11) is 0. The number of aliphatic hydroxyl groups is 1. The minimum Gasteiger partial charge on any atom is -0.485 e. The van der Waals surface area contributed by atoms with Crippen LogP contribution in [0.2, 0.25) is 0 Å². The number of ether oxygens (including phenoxy) is 1. The van der Waals surface area contributed by atoms with E-state index in [0.717, 1.165) is 11.3 Å². The zero-order valence-electron chi connectivity index (χ0n) is 10.5. The number of aliphatic hydroxyl groups excluding tert-OH is 1. The minimum atomic E-state index is 0.00150. The Balaban J connectivity index is 2.07. The molecule has 2 rings (SSSR count). The van der Waals surface area contributed by atoms with E-state index in [0.29, 0.717) is 12.4 Å². The summed E-state index contributed by atoms with van der Waals surface area (Å²) in [6.07, 6.45) is 0. The van der Waals surface area contributed by atoms with Crippen molar-refractivity contribution in [2.75, 3.05) is 6.61 Å². The molecule has 0 unspecified atom stereocenters. The van der Waals surface area contributed by atoms with Crippen LogP contribution in [0.3, 0.4) is 0 Å². The molecule has 1 heterocycles. The van der Waals surface area contributed by atoms with Crippen LogP contribution in [0.4, 0.5) is 0 Å². The van der Waals surface area contributed by atoms with E-state index in [1.54, 1.807) is 0 Å². The van der Waals surface area contributed by atoms with E-state index in [9.17, 15) is 0 Å². The Morgan fingerprint density at radius 2 is 2.17 bits per heavy atom. The number of aryl methyl sites for hydroxylation is 1. The van der Waals surface area contributed by atoms with Crippen LogP contribution in [0.15, 0.2) is 18.2 Å². The predicted molar refractivity (Wildman–Crippen MR) is 65.2 cm³/mol. The zero-order valence-corrected chi connectivity index (χ0v) is 10.5. The van der Waals surface area contributed by atoms with Gasteiger partial charge in [-0.15, -0.1) is 5.10 Å². The molecule has 1 N–H and O–H groups in total. The van der Waals surface area contributed by atoms with Crippen LogP contribution < -0.4 is 4.74 Å². The molecule has 18 heavy (non-hydrogen) atoms. The maximum atomic E-state index is 8.87. The van der Waals surface area contributed by atoms with Gasteiger partial charge in [0.15, 0.2) is 5.82 Å². The zero-order chi connectivity index (χ0) is 13.0. The average Bonchev–Trinajstić information content (AvgIpc) is 2.79. The number of rotatable bonds is 5. The number of tetrazole rings is 1. The first-order valence-electron chi connectivity index (χ1n) is 5.77. The highest BCUT2D eigenvalue weighted by molar-refractivity contribution is 5.38. The summed E-state index contributed by atoms with van der Waals surface area (Å²) in [5.41, 5.74) is 2.29. The highest BCUT2D eigenvalue weighted by atomic mass is 16.5. The lowest BCUT2D eigenvalue weighted by atomic mass is 10.1. The number of aromatic nitrogens is 4. The summed E-state index contributed by atoms with van der Waals surface area (Å²) in [6, 6.07) is 5.91. The lowest BCUT2D eigenvalue weighted by molar-refractivity contribution is 0.249. The average molecular weight is 248 g/mol. The highest BCUT2D eigenvalue weighted by Gasteiger charge is 2.08. The summed E-state index contributed by atoms with van der Waals surface area (Å²) in [6.45, 7) is 4.72. The van der Waals surface area contributed by atoms with Crippen LogP contribution in [-0.4, -0.2) is 31.9 Å². The molecule has 0 aliphatic carbocycles. The lowest BCUT2D eigenvalue weighted by Gasteiger charge is -2.10. The molecule has 2 aromatic rings. The van der Waals surface area contributed by atoms with Crippen LogP contribution in [-0.2, 0) is 13.2 Å². The standard InChI is InChI=1S/C12H16N4O2/c1-9-4-3-5-11(10(9)2)18-8-12-13-14-15-16(12)6-7-17/h3-5,17H,6-8H2,1-2H3. The Bertz CT molecular complexity index is 525. The van der Waals surface area contributed by atoms with Gasteiger partial charge < -0.3 is 9.84 Å². The van der Waals surface area contributed by atoms with E-state index in [2.05, 4.69) is 15.5 Å². The van der Waals surface area contributed by atoms with Gasteiger partial charge in [-0.1, -0.05) is 12.1 Å². The van der Waals surface area contributed by atoms with Gasteiger partial charge in [0.05, 0.1) is 13.2 Å². The van der Waals surface area contributed by atoms with Gasteiger partial charge in [-0.25, -0.2) is 4.68 Å². The quantitative estimate of drug-likeness (QED) is 0.849. The molecule has 0 spiro atoms. The molecule has 0 amide bonds. The van der Waals surface area contributed by atoms with Crippen molar-refractivity contribution in [3.8, 4) is 5.75 Å². The van der Waals surface area contributed by atoms with Crippen LogP contribution >= 0.6 is 0 Å². The van der Waals surface area contributed by atoms with Gasteiger partial charge in [-0.05, 0) is 41.5 Å². The van der Waals surface area contributed by atoms with Gasteiger partial charge in [0.25, 0.3) is 0 Å². The molecule has 0 aliphatic rings. The van der Waals surface area contributed by atoms with Crippen molar-refractivity contribution in [3.05, 3.63) is 35.2 Å². The largest absolute Gasteiger partial charge is 0.485 e. The van der Waals surface area contributed by atoms with Gasteiger partial charge >= 0.3 is 0 Å². The van der Waals surface area contributed by atoms with Crippen LogP contribution in [0.1, 0.15) is 17.0 Å². The maximum Gasteiger partial charge on any atom is 0.189 e. The third kappa shape index (κ3) is 2.65. The molecule has 96 valence electrons. The number of hydrogen-bond donors (Lipinski definition) is 1. The van der Waals surface area contributed by atoms with Crippen LogP contribution in [0.25, 0.3) is 0 Å². The summed E-state index contributed by atoms with van der Waals surface area (Å²) in [5.74, 6) is 1.43. The number of hydrogen-bond acceptors (Lipinski definition) is 5. The third-order valence-corrected chi connectivity index (χ3v) is 2.83. The number of nitrogens with zero attached hydrogens (tertiary/aromatic N) is 4. The van der Waals surface area contributed by atoms with Gasteiger partial charge in [-0.2, -0.15) is 0 Å². The molecule has 0 bridgehead atoms. The Hall–Kier alpha value is -1.95. The third-order valence-electron chi connectivity index (χ3n) is 2.83. The minimum absolute atomic E-state index is 0.00150. The van der Waals surface area contributed by atoms with Crippen molar-refractivity contribution < 1.29 is 9.84 Å². The Kier molecular flexibility index (Phi) is 3.88. The van der Waals surface area contributed by atoms with E-state index >= 15 is 0 Å². The van der Waals surface area contributed by atoms with Crippen molar-refractivity contribution in [1.82, 2.24) is 20.2 Å². The van der Waals surface area contributed by atoms with Gasteiger partial charge in [0.1, 0.15) is 12.4 Å². The molecule has 0 radical (unpaired) electrons. The van der Waals surface area contributed by atoms with Crippen molar-refractivity contribution in [2.24, 2.45) is 0 Å². The molecular formula is C12H16N4O2. The molecular weight excluding hydrogens is 232 g/mol. The Morgan fingerprint density at radius 1 is 1.33 bits per heavy atom. The fourth-order valence-corrected chi connectivity index (χ4v) is 1.62. The molecule has 0 saturated carbocycles. The smallest absolute Gasteiger partial charge is 0.189 e. The fraction of sp³-hybridized carbons (Fsp3) is 0.417. The molecule has 0 fully saturated rings. The van der Waals surface area contributed by atoms with Crippen LogP contribution in [0.5, 0.6) is 5.75 Å². The van der Waals surface area contributed by atoms with Gasteiger partial charge in [0, 0.05) is 0 Å². The first-order valence-corrected chi connectivity index (χ1v) is 5.77. The van der Waals surface area contributed by atoms with E-state index in [1.807, 2.05) is 32.0 Å². The molecule has 0 atom stereocenters. The molecule has 1 aromatic carbocycles. The second kappa shape index (κ2) is 5.59. The molecule has 6 heteroatoms. The highest BCUT2D eigenvalue weighted by Crippen LogP contribution is 2.21. The van der Waals surface area contributed by atoms with E-state index < -0.39 is 0 Å². The van der Waals surface area contributed by atoms with Crippen LogP contribution in [0, 0.1) is 13.8 Å². The van der Waals surface area contributed by atoms with Crippen molar-refractivity contribution in [3.63, 3.8) is 0 Å². The summed E-state index contributed by atoms with van der Waals surface area (Å²) in [5, 5.41) is 20.1. The number of benzene rings is 1.